The van der Waals surface area contributed by atoms with Crippen molar-refractivity contribution in [2.75, 3.05) is 12.4 Å². The molecule has 1 aliphatic heterocycles. The molecule has 10 nitrogen and oxygen atoms in total. The zero-order chi connectivity index (χ0) is 23.8. The summed E-state index contributed by atoms with van der Waals surface area (Å²) >= 11 is 0. The van der Waals surface area contributed by atoms with Crippen LogP contribution < -0.4 is 10.1 Å². The Bertz CT molecular complexity index is 1210. The lowest BCUT2D eigenvalue weighted by Gasteiger charge is -2.22. The van der Waals surface area contributed by atoms with Gasteiger partial charge in [-0.05, 0) is 25.1 Å². The predicted molar refractivity (Wildman–Crippen MR) is 121 cm³/mol. The Hall–Kier alpha value is -3.79. The number of hydrogen-bond donors (Lipinski definition) is 1. The number of carbonyl (C=O) groups excluding carboxylic acids is 2. The molecule has 1 fully saturated rings. The van der Waals surface area contributed by atoms with Crippen LogP contribution in [0.4, 0.5) is 10.6 Å². The number of likely N-dealkylation sites (tertiary alicyclic amines) is 1. The monoisotopic (exact) mass is 450 g/mol. The Morgan fingerprint density at radius 1 is 1.27 bits per heavy atom. The van der Waals surface area contributed by atoms with Gasteiger partial charge in [-0.15, -0.1) is 0 Å². The van der Waals surface area contributed by atoms with Crippen molar-refractivity contribution in [3.8, 4) is 22.8 Å². The Labute approximate surface area is 191 Å². The first-order valence-corrected chi connectivity index (χ1v) is 10.5. The summed E-state index contributed by atoms with van der Waals surface area (Å²) in [4.78, 5) is 35.3. The summed E-state index contributed by atoms with van der Waals surface area (Å²) in [6, 6.07) is 6.33. The van der Waals surface area contributed by atoms with Crippen LogP contribution in [-0.2, 0) is 16.6 Å². The summed E-state index contributed by atoms with van der Waals surface area (Å²) in [5, 5.41) is 6.85. The number of ether oxygens (including phenoxy) is 2. The van der Waals surface area contributed by atoms with E-state index in [-0.39, 0.29) is 5.91 Å². The van der Waals surface area contributed by atoms with Gasteiger partial charge < -0.3 is 9.47 Å². The standard InChI is InChI=1S/C23H26N6O4/c1-14-18(33-16-8-9-24-17(10-16)15-12-25-28(4)13-15)6-7-19(26-14)27-22(31)29-20(32-5)11-23(2,3)21(29)30/h6-10,12-13,20H,11H2,1-5H3,(H,26,27,31). The maximum atomic E-state index is 12.8. The van der Waals surface area contributed by atoms with Crippen molar-refractivity contribution < 1.29 is 19.1 Å². The molecule has 172 valence electrons. The first-order valence-electron chi connectivity index (χ1n) is 10.5. The summed E-state index contributed by atoms with van der Waals surface area (Å²) in [6.45, 7) is 5.36. The lowest BCUT2D eigenvalue weighted by molar-refractivity contribution is -0.135. The molecule has 3 amide bonds. The van der Waals surface area contributed by atoms with Crippen molar-refractivity contribution in [3.63, 3.8) is 0 Å². The normalized spacial score (nSPS) is 17.3. The average molecular weight is 450 g/mol. The second-order valence-corrected chi connectivity index (χ2v) is 8.55. The molecule has 0 saturated carbocycles. The van der Waals surface area contributed by atoms with Gasteiger partial charge in [-0.2, -0.15) is 5.10 Å². The molecule has 10 heteroatoms. The van der Waals surface area contributed by atoms with Crippen LogP contribution in [0.15, 0.2) is 42.9 Å². The first kappa shape index (κ1) is 22.4. The maximum Gasteiger partial charge on any atom is 0.331 e. The number of methoxy groups -OCH3 is 1. The lowest BCUT2D eigenvalue weighted by atomic mass is 9.92. The Kier molecular flexibility index (Phi) is 5.86. The number of urea groups is 1. The van der Waals surface area contributed by atoms with Crippen LogP contribution in [-0.4, -0.2) is 49.9 Å². The van der Waals surface area contributed by atoms with Gasteiger partial charge >= 0.3 is 6.03 Å². The van der Waals surface area contributed by atoms with E-state index in [0.29, 0.717) is 29.4 Å². The van der Waals surface area contributed by atoms with Crippen LogP contribution in [0.2, 0.25) is 0 Å². The van der Waals surface area contributed by atoms with Gasteiger partial charge in [0, 0.05) is 50.0 Å². The zero-order valence-electron chi connectivity index (χ0n) is 19.2. The smallest absolute Gasteiger partial charge is 0.331 e. The molecule has 1 aliphatic rings. The van der Waals surface area contributed by atoms with Crippen molar-refractivity contribution in [2.24, 2.45) is 12.5 Å². The van der Waals surface area contributed by atoms with E-state index >= 15 is 0 Å². The van der Waals surface area contributed by atoms with Crippen molar-refractivity contribution in [2.45, 2.75) is 33.4 Å². The molecule has 0 spiro atoms. The van der Waals surface area contributed by atoms with Crippen molar-refractivity contribution >= 4 is 17.8 Å². The molecule has 1 unspecified atom stereocenters. The molecular formula is C23H26N6O4. The number of aryl methyl sites for hydroxylation is 2. The summed E-state index contributed by atoms with van der Waals surface area (Å²) in [7, 11) is 3.32. The van der Waals surface area contributed by atoms with E-state index in [2.05, 4.69) is 20.4 Å². The van der Waals surface area contributed by atoms with Crippen LogP contribution in [0.1, 0.15) is 26.0 Å². The minimum Gasteiger partial charge on any atom is -0.455 e. The second-order valence-electron chi connectivity index (χ2n) is 8.55. The number of nitrogens with one attached hydrogen (secondary N) is 1. The number of hydrogen-bond acceptors (Lipinski definition) is 7. The second kappa shape index (κ2) is 8.62. The van der Waals surface area contributed by atoms with Gasteiger partial charge in [0.25, 0.3) is 0 Å². The summed E-state index contributed by atoms with van der Waals surface area (Å²) in [6.07, 6.45) is 5.09. The Morgan fingerprint density at radius 2 is 2.06 bits per heavy atom. The van der Waals surface area contributed by atoms with Gasteiger partial charge in [0.2, 0.25) is 5.91 Å². The molecule has 0 radical (unpaired) electrons. The molecule has 0 aliphatic carbocycles. The minimum atomic E-state index is -0.668. The van der Waals surface area contributed by atoms with E-state index in [1.807, 2.05) is 19.3 Å². The van der Waals surface area contributed by atoms with E-state index in [1.54, 1.807) is 56.0 Å². The highest BCUT2D eigenvalue weighted by Gasteiger charge is 2.48. The number of carbonyl (C=O) groups is 2. The Morgan fingerprint density at radius 3 is 2.73 bits per heavy atom. The minimum absolute atomic E-state index is 0.286. The van der Waals surface area contributed by atoms with E-state index in [4.69, 9.17) is 9.47 Å². The molecule has 1 saturated heterocycles. The van der Waals surface area contributed by atoms with E-state index < -0.39 is 17.7 Å². The number of amides is 3. The maximum absolute atomic E-state index is 12.8. The molecule has 33 heavy (non-hydrogen) atoms. The third-order valence-electron chi connectivity index (χ3n) is 5.49. The van der Waals surface area contributed by atoms with Crippen molar-refractivity contribution in [3.05, 3.63) is 48.5 Å². The number of anilines is 1. The fourth-order valence-electron chi connectivity index (χ4n) is 3.69. The highest BCUT2D eigenvalue weighted by atomic mass is 16.5. The summed E-state index contributed by atoms with van der Waals surface area (Å²) in [5.41, 5.74) is 1.52. The van der Waals surface area contributed by atoms with E-state index in [9.17, 15) is 9.59 Å². The van der Waals surface area contributed by atoms with E-state index in [0.717, 1.165) is 16.2 Å². The number of rotatable bonds is 5. The first-order chi connectivity index (χ1) is 15.7. The van der Waals surface area contributed by atoms with Gasteiger partial charge in [-0.25, -0.2) is 14.7 Å². The molecule has 0 bridgehead atoms. The highest BCUT2D eigenvalue weighted by molar-refractivity contribution is 6.04. The van der Waals surface area contributed by atoms with E-state index in [1.165, 1.54) is 7.11 Å². The van der Waals surface area contributed by atoms with Crippen LogP contribution in [0.5, 0.6) is 11.5 Å². The molecule has 0 aromatic carbocycles. The van der Waals surface area contributed by atoms with Gasteiger partial charge in [0.1, 0.15) is 23.5 Å². The SMILES string of the molecule is COC1CC(C)(C)C(=O)N1C(=O)Nc1ccc(Oc2ccnc(-c3cnn(C)c3)c2)c(C)n1. The molecule has 3 aromatic heterocycles. The summed E-state index contributed by atoms with van der Waals surface area (Å²) < 4.78 is 13.0. The van der Waals surface area contributed by atoms with Gasteiger partial charge in [0.15, 0.2) is 0 Å². The molecule has 1 atom stereocenters. The average Bonchev–Trinajstić information content (AvgIpc) is 3.30. The molecule has 1 N–H and O–H groups in total. The summed E-state index contributed by atoms with van der Waals surface area (Å²) in [5.74, 6) is 1.15. The largest absolute Gasteiger partial charge is 0.455 e. The van der Waals surface area contributed by atoms with Crippen LogP contribution in [0.25, 0.3) is 11.3 Å². The van der Waals surface area contributed by atoms with Crippen LogP contribution in [0, 0.1) is 12.3 Å². The number of pyridine rings is 2. The van der Waals surface area contributed by atoms with Crippen LogP contribution >= 0.6 is 0 Å². The lowest BCUT2D eigenvalue weighted by Crippen LogP contribution is -2.43. The fraction of sp³-hybridized carbons (Fsp3) is 0.348. The number of aromatic nitrogens is 4. The van der Waals surface area contributed by atoms with Crippen molar-refractivity contribution in [1.29, 1.82) is 0 Å². The highest BCUT2D eigenvalue weighted by Crippen LogP contribution is 2.36. The molecule has 3 aromatic rings. The number of nitrogens with zero attached hydrogens (tertiary/aromatic N) is 5. The predicted octanol–water partition coefficient (Wildman–Crippen LogP) is 3.74. The molecule has 4 rings (SSSR count). The topological polar surface area (TPSA) is 111 Å². The Balaban J connectivity index is 1.48. The van der Waals surface area contributed by atoms with Gasteiger partial charge in [-0.3, -0.25) is 19.8 Å². The third-order valence-corrected chi connectivity index (χ3v) is 5.49. The third kappa shape index (κ3) is 4.56. The number of imide groups is 1. The quantitative estimate of drug-likeness (QED) is 0.630. The zero-order valence-corrected chi connectivity index (χ0v) is 19.2. The van der Waals surface area contributed by atoms with Gasteiger partial charge in [-0.1, -0.05) is 13.8 Å². The molecular weight excluding hydrogens is 424 g/mol. The fourth-order valence-corrected chi connectivity index (χ4v) is 3.69. The van der Waals surface area contributed by atoms with Crippen LogP contribution in [0.3, 0.4) is 0 Å². The molecule has 4 heterocycles. The van der Waals surface area contributed by atoms with Crippen molar-refractivity contribution in [1.82, 2.24) is 24.6 Å². The van der Waals surface area contributed by atoms with Gasteiger partial charge in [0.05, 0.1) is 17.6 Å².